The van der Waals surface area contributed by atoms with Gasteiger partial charge in [0.25, 0.3) is 0 Å². The Labute approximate surface area is 107 Å². The average Bonchev–Trinajstić information content (AvgIpc) is 3.08. The maximum atomic E-state index is 5.93. The van der Waals surface area contributed by atoms with Gasteiger partial charge in [0.05, 0.1) is 0 Å². The van der Waals surface area contributed by atoms with Gasteiger partial charge in [-0.1, -0.05) is 5.16 Å². The van der Waals surface area contributed by atoms with Crippen LogP contribution < -0.4 is 5.73 Å². The van der Waals surface area contributed by atoms with Crippen LogP contribution in [0.1, 0.15) is 62.6 Å². The summed E-state index contributed by atoms with van der Waals surface area (Å²) in [5, 5.41) is 4.16. The maximum Gasteiger partial charge on any atom is 0.229 e. The number of methoxy groups -OCH3 is 1. The molecule has 0 amide bonds. The highest BCUT2D eigenvalue weighted by Crippen LogP contribution is 2.41. The molecule has 2 N–H and O–H groups in total. The van der Waals surface area contributed by atoms with Gasteiger partial charge in [-0.05, 0) is 44.9 Å². The van der Waals surface area contributed by atoms with Crippen molar-refractivity contribution in [2.24, 2.45) is 5.73 Å². The molecule has 0 saturated heterocycles. The summed E-state index contributed by atoms with van der Waals surface area (Å²) in [6, 6.07) is 0.285. The molecular weight excluding hydrogens is 230 g/mol. The number of hydrogen-bond acceptors (Lipinski definition) is 5. The summed E-state index contributed by atoms with van der Waals surface area (Å²) in [6.45, 7) is 0. The Hall–Kier alpha value is -0.940. The van der Waals surface area contributed by atoms with Gasteiger partial charge in [0, 0.05) is 19.1 Å². The molecule has 2 aliphatic rings. The van der Waals surface area contributed by atoms with E-state index in [1.54, 1.807) is 7.11 Å². The molecule has 1 heterocycles. The minimum Gasteiger partial charge on any atom is -0.370 e. The van der Waals surface area contributed by atoms with E-state index in [0.717, 1.165) is 43.8 Å². The predicted octanol–water partition coefficient (Wildman–Crippen LogP) is 2.08. The first-order valence-corrected chi connectivity index (χ1v) is 6.88. The SMILES string of the molecule is COC1(c2noc([C@@H]3CC[C@H](N)C3)n2)CCCC1. The van der Waals surface area contributed by atoms with Crippen molar-refractivity contribution in [1.29, 1.82) is 0 Å². The van der Waals surface area contributed by atoms with Crippen LogP contribution in [-0.4, -0.2) is 23.3 Å². The monoisotopic (exact) mass is 251 g/mol. The zero-order valence-electron chi connectivity index (χ0n) is 10.9. The van der Waals surface area contributed by atoms with Crippen LogP contribution in [-0.2, 0) is 10.3 Å². The van der Waals surface area contributed by atoms with Gasteiger partial charge >= 0.3 is 0 Å². The average molecular weight is 251 g/mol. The van der Waals surface area contributed by atoms with Crippen LogP contribution in [0.5, 0.6) is 0 Å². The van der Waals surface area contributed by atoms with Crippen LogP contribution in [0.25, 0.3) is 0 Å². The fourth-order valence-electron chi connectivity index (χ4n) is 3.29. The first-order chi connectivity index (χ1) is 8.73. The topological polar surface area (TPSA) is 74.2 Å². The third kappa shape index (κ3) is 1.95. The number of ether oxygens (including phenoxy) is 1. The molecule has 2 saturated carbocycles. The molecule has 5 nitrogen and oxygen atoms in total. The first-order valence-electron chi connectivity index (χ1n) is 6.88. The van der Waals surface area contributed by atoms with Crippen LogP contribution in [0, 0.1) is 0 Å². The highest BCUT2D eigenvalue weighted by atomic mass is 16.5. The van der Waals surface area contributed by atoms with Gasteiger partial charge in [0.2, 0.25) is 11.7 Å². The number of nitrogens with zero attached hydrogens (tertiary/aromatic N) is 2. The zero-order chi connectivity index (χ0) is 12.6. The fourth-order valence-corrected chi connectivity index (χ4v) is 3.29. The molecule has 1 aromatic rings. The zero-order valence-corrected chi connectivity index (χ0v) is 10.9. The van der Waals surface area contributed by atoms with E-state index < -0.39 is 0 Å². The summed E-state index contributed by atoms with van der Waals surface area (Å²) in [4.78, 5) is 4.59. The maximum absolute atomic E-state index is 5.93. The molecule has 0 spiro atoms. The molecule has 3 rings (SSSR count). The summed E-state index contributed by atoms with van der Waals surface area (Å²) in [5.74, 6) is 1.83. The van der Waals surface area contributed by atoms with Gasteiger partial charge in [-0.15, -0.1) is 0 Å². The molecule has 0 bridgehead atoms. The summed E-state index contributed by atoms with van der Waals surface area (Å²) in [7, 11) is 1.74. The van der Waals surface area contributed by atoms with Crippen molar-refractivity contribution in [3.05, 3.63) is 11.7 Å². The Morgan fingerprint density at radius 3 is 2.72 bits per heavy atom. The summed E-state index contributed by atoms with van der Waals surface area (Å²) in [5.41, 5.74) is 5.63. The molecular formula is C13H21N3O2. The largest absolute Gasteiger partial charge is 0.370 e. The molecule has 0 unspecified atom stereocenters. The third-order valence-electron chi connectivity index (χ3n) is 4.47. The van der Waals surface area contributed by atoms with Gasteiger partial charge < -0.3 is 15.0 Å². The molecule has 1 aromatic heterocycles. The lowest BCUT2D eigenvalue weighted by molar-refractivity contribution is -0.0178. The summed E-state index contributed by atoms with van der Waals surface area (Å²) >= 11 is 0. The first kappa shape index (κ1) is 12.1. The van der Waals surface area contributed by atoms with E-state index in [9.17, 15) is 0 Å². The van der Waals surface area contributed by atoms with Crippen LogP contribution in [0.15, 0.2) is 4.52 Å². The van der Waals surface area contributed by atoms with Gasteiger partial charge in [-0.25, -0.2) is 0 Å². The van der Waals surface area contributed by atoms with E-state index in [1.165, 1.54) is 12.8 Å². The standard InChI is InChI=1S/C13H21N3O2/c1-17-13(6-2-3-7-13)12-15-11(18-16-12)9-4-5-10(14)8-9/h9-10H,2-8,14H2,1H3/t9-,10+/m1/s1. The molecule has 2 fully saturated rings. The number of nitrogens with two attached hydrogens (primary N) is 1. The van der Waals surface area contributed by atoms with E-state index in [-0.39, 0.29) is 11.6 Å². The van der Waals surface area contributed by atoms with Crippen molar-refractivity contribution in [2.45, 2.75) is 62.5 Å². The van der Waals surface area contributed by atoms with Crippen LogP contribution in [0.2, 0.25) is 0 Å². The number of aromatic nitrogens is 2. The van der Waals surface area contributed by atoms with Crippen molar-refractivity contribution in [1.82, 2.24) is 10.1 Å². The van der Waals surface area contributed by atoms with Crippen molar-refractivity contribution >= 4 is 0 Å². The highest BCUT2D eigenvalue weighted by molar-refractivity contribution is 5.07. The van der Waals surface area contributed by atoms with E-state index in [1.807, 2.05) is 0 Å². The number of rotatable bonds is 3. The molecule has 0 aliphatic heterocycles. The quantitative estimate of drug-likeness (QED) is 0.890. The van der Waals surface area contributed by atoms with E-state index in [0.29, 0.717) is 5.92 Å². The van der Waals surface area contributed by atoms with Gasteiger partial charge in [0.1, 0.15) is 5.60 Å². The Morgan fingerprint density at radius 1 is 1.33 bits per heavy atom. The second kappa shape index (κ2) is 4.63. The van der Waals surface area contributed by atoms with E-state index in [4.69, 9.17) is 15.0 Å². The lowest BCUT2D eigenvalue weighted by Crippen LogP contribution is -2.26. The fraction of sp³-hybridized carbons (Fsp3) is 0.846. The van der Waals surface area contributed by atoms with E-state index >= 15 is 0 Å². The Bertz CT molecular complexity index is 412. The lowest BCUT2D eigenvalue weighted by atomic mass is 10.0. The van der Waals surface area contributed by atoms with Crippen LogP contribution in [0.4, 0.5) is 0 Å². The smallest absolute Gasteiger partial charge is 0.229 e. The van der Waals surface area contributed by atoms with Crippen molar-refractivity contribution in [3.63, 3.8) is 0 Å². The summed E-state index contributed by atoms with van der Waals surface area (Å²) in [6.07, 6.45) is 7.40. The molecule has 0 radical (unpaired) electrons. The van der Waals surface area contributed by atoms with Crippen LogP contribution >= 0.6 is 0 Å². The Morgan fingerprint density at radius 2 is 2.11 bits per heavy atom. The second-order valence-electron chi connectivity index (χ2n) is 5.63. The predicted molar refractivity (Wildman–Crippen MR) is 66.0 cm³/mol. The molecule has 18 heavy (non-hydrogen) atoms. The minimum atomic E-state index is -0.303. The minimum absolute atomic E-state index is 0.285. The van der Waals surface area contributed by atoms with E-state index in [2.05, 4.69) is 10.1 Å². The normalized spacial score (nSPS) is 31.0. The van der Waals surface area contributed by atoms with Crippen molar-refractivity contribution in [3.8, 4) is 0 Å². The van der Waals surface area contributed by atoms with Gasteiger partial charge in [-0.2, -0.15) is 4.98 Å². The number of hydrogen-bond donors (Lipinski definition) is 1. The Kier molecular flexibility index (Phi) is 3.11. The molecule has 2 aliphatic carbocycles. The van der Waals surface area contributed by atoms with Crippen molar-refractivity contribution in [2.75, 3.05) is 7.11 Å². The third-order valence-corrected chi connectivity index (χ3v) is 4.47. The van der Waals surface area contributed by atoms with Crippen LogP contribution in [0.3, 0.4) is 0 Å². The van der Waals surface area contributed by atoms with Crippen molar-refractivity contribution < 1.29 is 9.26 Å². The van der Waals surface area contributed by atoms with Gasteiger partial charge in [-0.3, -0.25) is 0 Å². The lowest BCUT2D eigenvalue weighted by Gasteiger charge is -2.22. The molecule has 5 heteroatoms. The Balaban J connectivity index is 1.80. The van der Waals surface area contributed by atoms with Gasteiger partial charge in [0.15, 0.2) is 0 Å². The molecule has 0 aromatic carbocycles. The molecule has 2 atom stereocenters. The molecule has 100 valence electrons. The highest BCUT2D eigenvalue weighted by Gasteiger charge is 2.41. The summed E-state index contributed by atoms with van der Waals surface area (Å²) < 4.78 is 11.1. The second-order valence-corrected chi connectivity index (χ2v) is 5.63.